The fraction of sp³-hybridized carbons (Fsp3) is 0.389. The number of ether oxygens (including phenoxy) is 1. The van der Waals surface area contributed by atoms with Crippen molar-refractivity contribution in [3.8, 4) is 11.1 Å². The predicted octanol–water partition coefficient (Wildman–Crippen LogP) is 2.83. The van der Waals surface area contributed by atoms with Crippen molar-refractivity contribution in [2.45, 2.75) is 24.5 Å². The quantitative estimate of drug-likeness (QED) is 0.930. The molecule has 4 rings (SSSR count). The fourth-order valence-electron chi connectivity index (χ4n) is 3.88. The van der Waals surface area contributed by atoms with Gasteiger partial charge in [0.2, 0.25) is 0 Å². The lowest BCUT2D eigenvalue weighted by Gasteiger charge is -2.35. The summed E-state index contributed by atoms with van der Waals surface area (Å²) < 4.78 is 5.66. The average molecular weight is 340 g/mol. The molecule has 5 nitrogen and oxygen atoms in total. The number of aliphatic imine (C=N–C) groups is 1. The van der Waals surface area contributed by atoms with E-state index in [1.807, 2.05) is 12.4 Å². The van der Waals surface area contributed by atoms with Crippen molar-refractivity contribution in [1.82, 2.24) is 9.97 Å². The lowest BCUT2D eigenvalue weighted by molar-refractivity contribution is 0.102. The number of nitrogens with two attached hydrogens (primary N) is 1. The molecule has 1 fully saturated rings. The van der Waals surface area contributed by atoms with Crippen LogP contribution in [0.3, 0.4) is 0 Å². The Hall–Kier alpha value is -1.92. The normalized spacial score (nSPS) is 29.1. The minimum atomic E-state index is -0.276. The van der Waals surface area contributed by atoms with Gasteiger partial charge < -0.3 is 10.5 Å². The molecule has 1 aromatic carbocycles. The van der Waals surface area contributed by atoms with Crippen molar-refractivity contribution in [2.75, 3.05) is 12.9 Å². The van der Waals surface area contributed by atoms with Crippen LogP contribution in [0, 0.1) is 5.92 Å². The summed E-state index contributed by atoms with van der Waals surface area (Å²) in [5, 5.41) is 0.677. The van der Waals surface area contributed by atoms with Gasteiger partial charge in [-0.15, -0.1) is 0 Å². The Kier molecular flexibility index (Phi) is 4.02. The zero-order valence-electron chi connectivity index (χ0n) is 13.6. The summed E-state index contributed by atoms with van der Waals surface area (Å²) in [6.45, 7) is 0. The Morgan fingerprint density at radius 2 is 2.08 bits per heavy atom. The molecule has 0 radical (unpaired) electrons. The van der Waals surface area contributed by atoms with Crippen LogP contribution >= 0.6 is 11.8 Å². The molecule has 3 unspecified atom stereocenters. The molecule has 0 saturated heterocycles. The molecule has 2 aromatic rings. The van der Waals surface area contributed by atoms with Crippen LogP contribution in [0.15, 0.2) is 48.0 Å². The molecule has 0 amide bonds. The van der Waals surface area contributed by atoms with Crippen LogP contribution < -0.4 is 5.73 Å². The standard InChI is InChI=1S/C18H20N4OS/c1-23-16-6-15-10-24-17(19)22-18(15,7-16)14-4-2-3-12(5-14)13-8-20-11-21-9-13/h2-5,8-9,11,15-16H,6-7,10H2,1H3,(H2,19,22). The van der Waals surface area contributed by atoms with Gasteiger partial charge in [-0.25, -0.2) is 9.97 Å². The second-order valence-corrected chi connectivity index (χ2v) is 7.43. The van der Waals surface area contributed by atoms with E-state index in [0.717, 1.165) is 29.7 Å². The number of amidine groups is 1. The molecular weight excluding hydrogens is 320 g/mol. The van der Waals surface area contributed by atoms with Crippen LogP contribution in [0.25, 0.3) is 11.1 Å². The highest BCUT2D eigenvalue weighted by Gasteiger charge is 2.50. The Labute approximate surface area is 145 Å². The summed E-state index contributed by atoms with van der Waals surface area (Å²) in [4.78, 5) is 13.2. The summed E-state index contributed by atoms with van der Waals surface area (Å²) in [5.41, 5.74) is 9.15. The average Bonchev–Trinajstić information content (AvgIpc) is 3.02. The molecule has 2 heterocycles. The first-order valence-electron chi connectivity index (χ1n) is 8.08. The van der Waals surface area contributed by atoms with Gasteiger partial charge in [0.15, 0.2) is 5.17 Å². The van der Waals surface area contributed by atoms with Gasteiger partial charge in [-0.2, -0.15) is 0 Å². The van der Waals surface area contributed by atoms with Crippen molar-refractivity contribution in [3.05, 3.63) is 48.5 Å². The van der Waals surface area contributed by atoms with Gasteiger partial charge >= 0.3 is 0 Å². The Balaban J connectivity index is 1.80. The molecule has 3 atom stereocenters. The van der Waals surface area contributed by atoms with Gasteiger partial charge in [0.1, 0.15) is 6.33 Å². The SMILES string of the molecule is COC1CC2CSC(N)=NC2(c2cccc(-c3cncnc3)c2)C1. The van der Waals surface area contributed by atoms with Crippen molar-refractivity contribution in [2.24, 2.45) is 16.6 Å². The number of hydrogen-bond donors (Lipinski definition) is 1. The molecule has 1 aliphatic heterocycles. The summed E-state index contributed by atoms with van der Waals surface area (Å²) in [5.74, 6) is 1.44. The smallest absolute Gasteiger partial charge is 0.154 e. The molecule has 2 aliphatic rings. The summed E-state index contributed by atoms with van der Waals surface area (Å²) in [7, 11) is 1.79. The van der Waals surface area contributed by atoms with Crippen molar-refractivity contribution < 1.29 is 4.74 Å². The highest BCUT2D eigenvalue weighted by atomic mass is 32.2. The van der Waals surface area contributed by atoms with E-state index in [2.05, 4.69) is 34.2 Å². The van der Waals surface area contributed by atoms with E-state index >= 15 is 0 Å². The summed E-state index contributed by atoms with van der Waals surface area (Å²) in [6.07, 6.45) is 7.35. The number of methoxy groups -OCH3 is 1. The molecule has 1 aliphatic carbocycles. The van der Waals surface area contributed by atoms with Gasteiger partial charge in [-0.3, -0.25) is 4.99 Å². The maximum absolute atomic E-state index is 6.10. The largest absolute Gasteiger partial charge is 0.381 e. The Morgan fingerprint density at radius 3 is 2.88 bits per heavy atom. The third kappa shape index (κ3) is 2.59. The molecule has 1 aromatic heterocycles. The zero-order chi connectivity index (χ0) is 16.6. The Morgan fingerprint density at radius 1 is 1.25 bits per heavy atom. The minimum absolute atomic E-state index is 0.231. The van der Waals surface area contributed by atoms with Crippen LogP contribution in [0.1, 0.15) is 18.4 Å². The monoisotopic (exact) mass is 340 g/mol. The first-order valence-corrected chi connectivity index (χ1v) is 9.06. The van der Waals surface area contributed by atoms with E-state index in [4.69, 9.17) is 15.5 Å². The lowest BCUT2D eigenvalue weighted by Crippen LogP contribution is -2.36. The van der Waals surface area contributed by atoms with Crippen LogP contribution in [0.2, 0.25) is 0 Å². The third-order valence-corrected chi connectivity index (χ3v) is 6.05. The number of benzene rings is 1. The van der Waals surface area contributed by atoms with E-state index in [9.17, 15) is 0 Å². The second kappa shape index (κ2) is 6.18. The molecule has 2 N–H and O–H groups in total. The number of nitrogens with zero attached hydrogens (tertiary/aromatic N) is 3. The maximum atomic E-state index is 6.10. The molecule has 0 spiro atoms. The third-order valence-electron chi connectivity index (χ3n) is 5.09. The number of hydrogen-bond acceptors (Lipinski definition) is 6. The minimum Gasteiger partial charge on any atom is -0.381 e. The highest BCUT2D eigenvalue weighted by molar-refractivity contribution is 8.13. The molecule has 124 valence electrons. The number of thioether (sulfide) groups is 1. The van der Waals surface area contributed by atoms with E-state index in [1.165, 1.54) is 5.56 Å². The van der Waals surface area contributed by atoms with Gasteiger partial charge in [0.05, 0.1) is 11.6 Å². The Bertz CT molecular complexity index is 767. The molecular formula is C18H20N4OS. The van der Waals surface area contributed by atoms with Crippen LogP contribution in [0.4, 0.5) is 0 Å². The highest BCUT2D eigenvalue weighted by Crippen LogP contribution is 2.51. The van der Waals surface area contributed by atoms with E-state index in [-0.39, 0.29) is 11.6 Å². The zero-order valence-corrected chi connectivity index (χ0v) is 14.4. The number of fused-ring (bicyclic) bond motifs is 1. The van der Waals surface area contributed by atoms with Crippen molar-refractivity contribution >= 4 is 16.9 Å². The van der Waals surface area contributed by atoms with Gasteiger partial charge in [-0.1, -0.05) is 30.0 Å². The lowest BCUT2D eigenvalue weighted by atomic mass is 9.81. The number of rotatable bonds is 3. The molecule has 1 saturated carbocycles. The van der Waals surface area contributed by atoms with E-state index < -0.39 is 0 Å². The van der Waals surface area contributed by atoms with Crippen LogP contribution in [-0.2, 0) is 10.3 Å². The van der Waals surface area contributed by atoms with E-state index in [1.54, 1.807) is 25.2 Å². The molecule has 0 bridgehead atoms. The predicted molar refractivity (Wildman–Crippen MR) is 96.7 cm³/mol. The number of aromatic nitrogens is 2. The fourth-order valence-corrected chi connectivity index (χ4v) is 4.89. The van der Waals surface area contributed by atoms with Gasteiger partial charge in [-0.05, 0) is 23.6 Å². The summed E-state index contributed by atoms with van der Waals surface area (Å²) >= 11 is 1.65. The van der Waals surface area contributed by atoms with Crippen LogP contribution in [-0.4, -0.2) is 34.1 Å². The van der Waals surface area contributed by atoms with Gasteiger partial charge in [0, 0.05) is 43.2 Å². The van der Waals surface area contributed by atoms with Gasteiger partial charge in [0.25, 0.3) is 0 Å². The molecule has 6 heteroatoms. The topological polar surface area (TPSA) is 73.4 Å². The summed E-state index contributed by atoms with van der Waals surface area (Å²) in [6, 6.07) is 8.53. The second-order valence-electron chi connectivity index (χ2n) is 6.39. The first-order chi connectivity index (χ1) is 11.7. The van der Waals surface area contributed by atoms with Crippen LogP contribution in [0.5, 0.6) is 0 Å². The van der Waals surface area contributed by atoms with Crippen molar-refractivity contribution in [1.29, 1.82) is 0 Å². The first kappa shape index (κ1) is 15.6. The molecule has 24 heavy (non-hydrogen) atoms. The van der Waals surface area contributed by atoms with E-state index in [0.29, 0.717) is 11.1 Å². The van der Waals surface area contributed by atoms with Crippen molar-refractivity contribution in [3.63, 3.8) is 0 Å². The maximum Gasteiger partial charge on any atom is 0.154 e.